The molecule has 0 aliphatic heterocycles. The number of halogens is 3. The second-order valence-corrected chi connectivity index (χ2v) is 5.23. The largest absolute Gasteiger partial charge is 0.339 e. The van der Waals surface area contributed by atoms with Crippen LogP contribution in [0.5, 0.6) is 0 Å². The molecule has 2 heterocycles. The maximum Gasteiger partial charge on any atom is 0.228 e. The Labute approximate surface area is 129 Å². The van der Waals surface area contributed by atoms with Crippen LogP contribution < -0.4 is 0 Å². The van der Waals surface area contributed by atoms with Crippen LogP contribution in [0.15, 0.2) is 16.7 Å². The number of aryl methyl sites for hydroxylation is 3. The molecule has 0 saturated carbocycles. The van der Waals surface area contributed by atoms with Gasteiger partial charge in [0, 0.05) is 19.0 Å². The van der Waals surface area contributed by atoms with Crippen LogP contribution in [0.4, 0.5) is 4.39 Å². The minimum absolute atomic E-state index is 0.0541. The average molecular weight is 329 g/mol. The number of aromatic nitrogens is 4. The first-order valence-corrected chi connectivity index (χ1v) is 7.19. The van der Waals surface area contributed by atoms with Gasteiger partial charge in [-0.05, 0) is 13.0 Å². The minimum Gasteiger partial charge on any atom is -0.339 e. The van der Waals surface area contributed by atoms with Crippen LogP contribution in [0.1, 0.15) is 17.5 Å². The first-order chi connectivity index (χ1) is 10.1. The molecule has 0 bridgehead atoms. The van der Waals surface area contributed by atoms with E-state index in [0.717, 1.165) is 5.52 Å². The molecule has 0 unspecified atom stereocenters. The highest BCUT2D eigenvalue weighted by Gasteiger charge is 2.14. The van der Waals surface area contributed by atoms with E-state index < -0.39 is 5.82 Å². The van der Waals surface area contributed by atoms with Crippen molar-refractivity contribution in [3.05, 3.63) is 40.5 Å². The number of benzene rings is 1. The molecule has 0 amide bonds. The molecule has 8 heteroatoms. The SMILES string of the molecule is Cc1noc(CCn2c(CCl)nc3cc(F)c(Cl)cc32)n1. The molecule has 110 valence electrons. The molecule has 0 radical (unpaired) electrons. The van der Waals surface area contributed by atoms with Crippen LogP contribution in [-0.4, -0.2) is 19.7 Å². The molecule has 0 saturated heterocycles. The van der Waals surface area contributed by atoms with Gasteiger partial charge < -0.3 is 9.09 Å². The Hall–Kier alpha value is -1.66. The average Bonchev–Trinajstić information content (AvgIpc) is 3.01. The van der Waals surface area contributed by atoms with Crippen molar-refractivity contribution >= 4 is 34.2 Å². The van der Waals surface area contributed by atoms with Gasteiger partial charge in [-0.2, -0.15) is 4.98 Å². The summed E-state index contributed by atoms with van der Waals surface area (Å²) in [7, 11) is 0. The summed E-state index contributed by atoms with van der Waals surface area (Å²) in [5.74, 6) is 1.48. The zero-order chi connectivity index (χ0) is 15.0. The number of imidazole rings is 1. The van der Waals surface area contributed by atoms with Crippen LogP contribution in [0.2, 0.25) is 5.02 Å². The van der Waals surface area contributed by atoms with Crippen molar-refractivity contribution in [1.82, 2.24) is 19.7 Å². The van der Waals surface area contributed by atoms with Gasteiger partial charge >= 0.3 is 0 Å². The van der Waals surface area contributed by atoms with Gasteiger partial charge in [0.15, 0.2) is 5.82 Å². The van der Waals surface area contributed by atoms with Crippen LogP contribution in [0.25, 0.3) is 11.0 Å². The van der Waals surface area contributed by atoms with Crippen molar-refractivity contribution < 1.29 is 8.91 Å². The van der Waals surface area contributed by atoms with E-state index in [-0.39, 0.29) is 10.9 Å². The summed E-state index contributed by atoms with van der Waals surface area (Å²) in [6.07, 6.45) is 0.533. The first-order valence-electron chi connectivity index (χ1n) is 6.28. The summed E-state index contributed by atoms with van der Waals surface area (Å²) < 4.78 is 20.5. The maximum absolute atomic E-state index is 13.5. The third-order valence-electron chi connectivity index (χ3n) is 3.11. The molecule has 0 aliphatic rings. The van der Waals surface area contributed by atoms with E-state index in [1.807, 2.05) is 4.57 Å². The molecular weight excluding hydrogens is 318 g/mol. The topological polar surface area (TPSA) is 56.7 Å². The Kier molecular flexibility index (Phi) is 3.82. The number of fused-ring (bicyclic) bond motifs is 1. The summed E-state index contributed by atoms with van der Waals surface area (Å²) in [6, 6.07) is 2.86. The van der Waals surface area contributed by atoms with Crippen molar-refractivity contribution in [3.8, 4) is 0 Å². The van der Waals surface area contributed by atoms with Gasteiger partial charge in [-0.25, -0.2) is 9.37 Å². The van der Waals surface area contributed by atoms with Gasteiger partial charge in [0.2, 0.25) is 5.89 Å². The van der Waals surface area contributed by atoms with Crippen LogP contribution in [0.3, 0.4) is 0 Å². The lowest BCUT2D eigenvalue weighted by atomic mass is 10.3. The lowest BCUT2D eigenvalue weighted by molar-refractivity contribution is 0.368. The Bertz CT molecular complexity index is 799. The molecule has 3 rings (SSSR count). The van der Waals surface area contributed by atoms with E-state index >= 15 is 0 Å². The van der Waals surface area contributed by atoms with Crippen LogP contribution >= 0.6 is 23.2 Å². The molecule has 5 nitrogen and oxygen atoms in total. The summed E-state index contributed by atoms with van der Waals surface area (Å²) >= 11 is 11.8. The van der Waals surface area contributed by atoms with Crippen LogP contribution in [-0.2, 0) is 18.8 Å². The highest BCUT2D eigenvalue weighted by Crippen LogP contribution is 2.24. The summed E-state index contributed by atoms with van der Waals surface area (Å²) in [4.78, 5) is 8.46. The third-order valence-corrected chi connectivity index (χ3v) is 3.64. The molecular formula is C13H11Cl2FN4O. The van der Waals surface area contributed by atoms with Gasteiger partial charge in [0.1, 0.15) is 11.6 Å². The highest BCUT2D eigenvalue weighted by atomic mass is 35.5. The quantitative estimate of drug-likeness (QED) is 0.688. The molecule has 21 heavy (non-hydrogen) atoms. The highest BCUT2D eigenvalue weighted by molar-refractivity contribution is 6.31. The lowest BCUT2D eigenvalue weighted by Gasteiger charge is -2.06. The van der Waals surface area contributed by atoms with Gasteiger partial charge in [-0.3, -0.25) is 0 Å². The zero-order valence-electron chi connectivity index (χ0n) is 11.1. The number of nitrogens with zero attached hydrogens (tertiary/aromatic N) is 4. The first kappa shape index (κ1) is 14.3. The summed E-state index contributed by atoms with van der Waals surface area (Å²) in [5, 5.41) is 3.79. The number of hydrogen-bond donors (Lipinski definition) is 0. The van der Waals surface area contributed by atoms with Crippen LogP contribution in [0, 0.1) is 12.7 Å². The number of alkyl halides is 1. The van der Waals surface area contributed by atoms with E-state index in [0.29, 0.717) is 36.0 Å². The second-order valence-electron chi connectivity index (χ2n) is 4.55. The number of hydrogen-bond acceptors (Lipinski definition) is 4. The maximum atomic E-state index is 13.5. The Balaban J connectivity index is 1.97. The van der Waals surface area contributed by atoms with Gasteiger partial charge in [-0.15, -0.1) is 11.6 Å². The van der Waals surface area contributed by atoms with Crippen molar-refractivity contribution in [1.29, 1.82) is 0 Å². The van der Waals surface area contributed by atoms with Crippen molar-refractivity contribution in [2.45, 2.75) is 25.8 Å². The van der Waals surface area contributed by atoms with E-state index in [4.69, 9.17) is 27.7 Å². The standard InChI is InChI=1S/C13H11Cl2FN4O/c1-7-17-13(21-19-7)2-3-20-11-4-8(15)9(16)5-10(11)18-12(20)6-14/h4-5H,2-3,6H2,1H3. The Morgan fingerprint density at radius 1 is 1.33 bits per heavy atom. The molecule has 0 atom stereocenters. The van der Waals surface area contributed by atoms with Crippen molar-refractivity contribution in [3.63, 3.8) is 0 Å². The normalized spacial score (nSPS) is 11.4. The van der Waals surface area contributed by atoms with E-state index in [9.17, 15) is 4.39 Å². The molecule has 0 fully saturated rings. The molecule has 0 N–H and O–H groups in total. The molecule has 3 aromatic rings. The molecule has 0 aliphatic carbocycles. The fourth-order valence-electron chi connectivity index (χ4n) is 2.17. The van der Waals surface area contributed by atoms with E-state index in [1.54, 1.807) is 13.0 Å². The van der Waals surface area contributed by atoms with Gasteiger partial charge in [0.25, 0.3) is 0 Å². The predicted octanol–water partition coefficient (Wildman–Crippen LogP) is 3.50. The predicted molar refractivity (Wildman–Crippen MR) is 77.0 cm³/mol. The van der Waals surface area contributed by atoms with Crippen molar-refractivity contribution in [2.75, 3.05) is 0 Å². The summed E-state index contributed by atoms with van der Waals surface area (Å²) in [6.45, 7) is 2.30. The molecule has 2 aromatic heterocycles. The monoisotopic (exact) mass is 328 g/mol. The molecule has 1 aromatic carbocycles. The van der Waals surface area contributed by atoms with Gasteiger partial charge in [0.05, 0.1) is 21.9 Å². The van der Waals surface area contributed by atoms with Gasteiger partial charge in [-0.1, -0.05) is 16.8 Å². The fourth-order valence-corrected chi connectivity index (χ4v) is 2.53. The fraction of sp³-hybridized carbons (Fsp3) is 0.308. The third kappa shape index (κ3) is 2.73. The Morgan fingerprint density at radius 3 is 2.81 bits per heavy atom. The second kappa shape index (κ2) is 5.61. The van der Waals surface area contributed by atoms with Crippen molar-refractivity contribution in [2.24, 2.45) is 0 Å². The smallest absolute Gasteiger partial charge is 0.228 e. The minimum atomic E-state index is -0.498. The Morgan fingerprint density at radius 2 is 2.14 bits per heavy atom. The summed E-state index contributed by atoms with van der Waals surface area (Å²) in [5.41, 5.74) is 1.25. The van der Waals surface area contributed by atoms with E-state index in [2.05, 4.69) is 15.1 Å². The molecule has 0 spiro atoms. The lowest BCUT2D eigenvalue weighted by Crippen LogP contribution is -2.05. The number of rotatable bonds is 4. The van der Waals surface area contributed by atoms with E-state index in [1.165, 1.54) is 6.07 Å². The zero-order valence-corrected chi connectivity index (χ0v) is 12.6.